The van der Waals surface area contributed by atoms with E-state index in [4.69, 9.17) is 9.47 Å². The fraction of sp³-hybridized carbons (Fsp3) is 0.514. The summed E-state index contributed by atoms with van der Waals surface area (Å²) in [4.78, 5) is 69.7. The van der Waals surface area contributed by atoms with Crippen LogP contribution in [0.25, 0.3) is 0 Å². The minimum atomic E-state index is -4.73. The highest BCUT2D eigenvalue weighted by Crippen LogP contribution is 2.50. The number of likely N-dealkylation sites (tertiary alicyclic amines) is 1. The van der Waals surface area contributed by atoms with Crippen LogP contribution < -0.4 is 5.32 Å². The van der Waals surface area contributed by atoms with Gasteiger partial charge in [0, 0.05) is 37.1 Å². The van der Waals surface area contributed by atoms with Gasteiger partial charge in [0.05, 0.1) is 19.1 Å². The Hall–Kier alpha value is -3.97. The molecule has 12 nitrogen and oxygen atoms in total. The van der Waals surface area contributed by atoms with Crippen LogP contribution in [0, 0.1) is 0 Å². The average Bonchev–Trinajstić information content (AvgIpc) is 3.45. The lowest BCUT2D eigenvalue weighted by atomic mass is 10.0. The van der Waals surface area contributed by atoms with Crippen LogP contribution in [0.4, 0.5) is 8.78 Å². The number of halogens is 2. The predicted octanol–water partition coefficient (Wildman–Crippen LogP) is 5.39. The number of aliphatic hydroxyl groups is 1. The molecule has 1 fully saturated rings. The summed E-state index contributed by atoms with van der Waals surface area (Å²) in [6.45, 7) is 3.58. The van der Waals surface area contributed by atoms with E-state index in [1.165, 1.54) is 54.6 Å². The summed E-state index contributed by atoms with van der Waals surface area (Å²) in [5.41, 5.74) is 0.280. The predicted molar refractivity (Wildman–Crippen MR) is 188 cm³/mol. The van der Waals surface area contributed by atoms with Crippen LogP contribution in [-0.2, 0) is 40.8 Å². The summed E-state index contributed by atoms with van der Waals surface area (Å²) >= 11 is 0. The van der Waals surface area contributed by atoms with Crippen LogP contribution in [0.5, 0.6) is 0 Å². The van der Waals surface area contributed by atoms with Gasteiger partial charge in [0.15, 0.2) is 11.4 Å². The van der Waals surface area contributed by atoms with Gasteiger partial charge in [0.2, 0.25) is 5.91 Å². The molecule has 1 heterocycles. The van der Waals surface area contributed by atoms with Gasteiger partial charge in [-0.05, 0) is 69.7 Å². The SMILES string of the molecule is CCOC(=O)CCCCCCN1C(=O)CC[C@@H]1/C=C/[C@@H](OC(=O)Cc1ccc(C(=O)NCCCC(C)(O)P(=O)(O)O)cc1)C(F)(F)c1ccccc1. The number of unbranched alkanes of at least 4 members (excludes halogenated alkanes) is 3. The van der Waals surface area contributed by atoms with Crippen LogP contribution in [0.3, 0.4) is 0 Å². The van der Waals surface area contributed by atoms with Crippen molar-refractivity contribution in [1.29, 1.82) is 0 Å². The molecule has 0 aliphatic carbocycles. The zero-order valence-corrected chi connectivity index (χ0v) is 30.4. The summed E-state index contributed by atoms with van der Waals surface area (Å²) in [5.74, 6) is -5.35. The molecule has 2 aromatic carbocycles. The molecule has 3 atom stereocenters. The molecule has 15 heteroatoms. The van der Waals surface area contributed by atoms with Crippen LogP contribution in [0.15, 0.2) is 66.7 Å². The van der Waals surface area contributed by atoms with Crippen LogP contribution in [0.2, 0.25) is 0 Å². The number of carbonyl (C=O) groups excluding carboxylic acids is 4. The molecule has 286 valence electrons. The molecule has 2 amide bonds. The number of hydrogen-bond acceptors (Lipinski definition) is 8. The van der Waals surface area contributed by atoms with Gasteiger partial charge in [0.1, 0.15) is 0 Å². The Morgan fingerprint density at radius 1 is 1.02 bits per heavy atom. The number of nitrogens with one attached hydrogen (secondary N) is 1. The first kappa shape index (κ1) is 42.4. The second-order valence-corrected chi connectivity index (χ2v) is 15.0. The molecule has 2 aromatic rings. The molecule has 0 aromatic heterocycles. The van der Waals surface area contributed by atoms with Crippen LogP contribution in [0.1, 0.15) is 93.1 Å². The van der Waals surface area contributed by atoms with E-state index in [1.807, 2.05) is 0 Å². The van der Waals surface area contributed by atoms with Crippen molar-refractivity contribution in [3.8, 4) is 0 Å². The number of carbonyl (C=O) groups is 4. The summed E-state index contributed by atoms with van der Waals surface area (Å²) in [5, 5.41) is 10.3. The molecule has 0 saturated carbocycles. The monoisotopic (exact) mass is 750 g/mol. The van der Waals surface area contributed by atoms with Gasteiger partial charge in [-0.3, -0.25) is 23.7 Å². The van der Waals surface area contributed by atoms with Gasteiger partial charge < -0.3 is 34.6 Å². The van der Waals surface area contributed by atoms with E-state index in [0.29, 0.717) is 44.4 Å². The van der Waals surface area contributed by atoms with Crippen molar-refractivity contribution in [3.05, 3.63) is 83.4 Å². The van der Waals surface area contributed by atoms with Gasteiger partial charge >= 0.3 is 25.5 Å². The number of nitrogens with zero attached hydrogens (tertiary/aromatic N) is 1. The highest BCUT2D eigenvalue weighted by molar-refractivity contribution is 7.53. The molecule has 1 unspecified atom stereocenters. The van der Waals surface area contributed by atoms with Crippen LogP contribution >= 0.6 is 7.60 Å². The Morgan fingerprint density at radius 3 is 2.35 bits per heavy atom. The zero-order valence-electron chi connectivity index (χ0n) is 29.5. The average molecular weight is 751 g/mol. The number of rotatable bonds is 21. The Bertz CT molecular complexity index is 1560. The van der Waals surface area contributed by atoms with E-state index < -0.39 is 42.9 Å². The third-order valence-corrected chi connectivity index (χ3v) is 10.3. The first-order valence-electron chi connectivity index (χ1n) is 17.5. The number of benzene rings is 2. The van der Waals surface area contributed by atoms with Gasteiger partial charge in [-0.2, -0.15) is 8.78 Å². The lowest BCUT2D eigenvalue weighted by molar-refractivity contribution is -0.167. The molecule has 0 spiro atoms. The fourth-order valence-corrected chi connectivity index (χ4v) is 6.12. The Kier molecular flexibility index (Phi) is 16.1. The molecule has 1 saturated heterocycles. The zero-order chi connectivity index (χ0) is 38.4. The molecule has 4 N–H and O–H groups in total. The minimum absolute atomic E-state index is 0.0406. The molecule has 1 aliphatic heterocycles. The number of hydrogen-bond donors (Lipinski definition) is 4. The summed E-state index contributed by atoms with van der Waals surface area (Å²) in [6, 6.07) is 12.4. The molecule has 3 rings (SSSR count). The van der Waals surface area contributed by atoms with E-state index in [2.05, 4.69) is 5.32 Å². The maximum atomic E-state index is 15.8. The Morgan fingerprint density at radius 2 is 1.69 bits per heavy atom. The second kappa shape index (κ2) is 19.8. The number of esters is 2. The second-order valence-electron chi connectivity index (χ2n) is 12.9. The van der Waals surface area contributed by atoms with E-state index >= 15 is 8.78 Å². The van der Waals surface area contributed by atoms with Gasteiger partial charge in [-0.1, -0.05) is 61.4 Å². The first-order valence-corrected chi connectivity index (χ1v) is 19.1. The Balaban J connectivity index is 1.61. The first-order chi connectivity index (χ1) is 24.5. The fourth-order valence-electron chi connectivity index (χ4n) is 5.67. The quantitative estimate of drug-likeness (QED) is 0.0560. The van der Waals surface area contributed by atoms with E-state index in [0.717, 1.165) is 25.8 Å². The standard InChI is InChI=1S/C37H49F2N2O10P/c1-3-50-33(43)14-9-4-5-10-25-41-30(20-22-32(41)42)19-21-31(37(38,39)29-12-7-6-8-13-29)51-34(44)26-27-15-17-28(18-16-27)35(45)40-24-11-23-36(2,46)52(47,48)49/h6-8,12-13,15-19,21,30-31,46H,3-5,9-11,14,20,22-26H2,1-2H3,(H,40,45)(H2,47,48,49)/b21-19+/t30-,31+,36?/m0/s1. The molecule has 0 radical (unpaired) electrons. The van der Waals surface area contributed by atoms with E-state index in [1.54, 1.807) is 17.9 Å². The summed E-state index contributed by atoms with van der Waals surface area (Å²) in [6.07, 6.45) is 4.13. The Labute approximate surface area is 302 Å². The van der Waals surface area contributed by atoms with Crippen molar-refractivity contribution in [1.82, 2.24) is 10.2 Å². The highest BCUT2D eigenvalue weighted by atomic mass is 31.2. The van der Waals surface area contributed by atoms with Crippen molar-refractivity contribution < 1.29 is 56.9 Å². The number of ether oxygens (including phenoxy) is 2. The smallest absolute Gasteiger partial charge is 0.356 e. The van der Waals surface area contributed by atoms with Crippen molar-refractivity contribution in [3.63, 3.8) is 0 Å². The largest absolute Gasteiger partial charge is 0.466 e. The molecule has 0 bridgehead atoms. The summed E-state index contributed by atoms with van der Waals surface area (Å²) < 4.78 is 53.3. The third-order valence-electron chi connectivity index (χ3n) is 8.80. The van der Waals surface area contributed by atoms with Gasteiger partial charge in [-0.25, -0.2) is 0 Å². The van der Waals surface area contributed by atoms with E-state index in [9.17, 15) is 38.6 Å². The molecule has 1 aliphatic rings. The van der Waals surface area contributed by atoms with Crippen molar-refractivity contribution in [2.45, 2.75) is 101 Å². The van der Waals surface area contributed by atoms with Gasteiger partial charge in [-0.15, -0.1) is 0 Å². The molecular weight excluding hydrogens is 701 g/mol. The lowest BCUT2D eigenvalue weighted by Crippen LogP contribution is -2.36. The van der Waals surface area contributed by atoms with Gasteiger partial charge in [0.25, 0.3) is 5.91 Å². The summed E-state index contributed by atoms with van der Waals surface area (Å²) in [7, 11) is -4.73. The maximum absolute atomic E-state index is 15.8. The normalized spacial score (nSPS) is 16.8. The maximum Gasteiger partial charge on any atom is 0.356 e. The number of alkyl halides is 2. The highest BCUT2D eigenvalue weighted by Gasteiger charge is 2.43. The van der Waals surface area contributed by atoms with E-state index in [-0.39, 0.29) is 55.2 Å². The topological polar surface area (TPSA) is 180 Å². The van der Waals surface area contributed by atoms with Crippen molar-refractivity contribution in [2.24, 2.45) is 0 Å². The third kappa shape index (κ3) is 12.9. The number of amides is 2. The van der Waals surface area contributed by atoms with Crippen LogP contribution in [-0.4, -0.2) is 80.7 Å². The lowest BCUT2D eigenvalue weighted by Gasteiger charge is -2.27. The molecular formula is C37H49F2N2O10P. The van der Waals surface area contributed by atoms with Crippen molar-refractivity contribution >= 4 is 31.3 Å². The molecule has 52 heavy (non-hydrogen) atoms. The minimum Gasteiger partial charge on any atom is -0.466 e. The van der Waals surface area contributed by atoms with Crippen molar-refractivity contribution in [2.75, 3.05) is 19.7 Å².